The highest BCUT2D eigenvalue weighted by atomic mass is 16.6. The molecule has 0 aliphatic heterocycles. The summed E-state index contributed by atoms with van der Waals surface area (Å²) < 4.78 is 11.0. The van der Waals surface area contributed by atoms with Crippen molar-refractivity contribution >= 4 is 17.4 Å². The van der Waals surface area contributed by atoms with Crippen molar-refractivity contribution in [3.05, 3.63) is 45.8 Å². The van der Waals surface area contributed by atoms with Crippen molar-refractivity contribution < 1.29 is 14.2 Å². The monoisotopic (exact) mass is 398 g/mol. The number of carbonyl (C=O) groups is 1. The second-order valence-corrected chi connectivity index (χ2v) is 6.59. The first-order valence-corrected chi connectivity index (χ1v) is 8.78. The average Bonchev–Trinajstić information content (AvgIpc) is 3.28. The van der Waals surface area contributed by atoms with E-state index < -0.39 is 5.91 Å². The van der Waals surface area contributed by atoms with Gasteiger partial charge in [-0.2, -0.15) is 9.78 Å². The maximum Gasteiger partial charge on any atom is 0.293 e. The fourth-order valence-corrected chi connectivity index (χ4v) is 2.85. The number of nitrogens with zero attached hydrogens (tertiary/aromatic N) is 6. The van der Waals surface area contributed by atoms with Gasteiger partial charge in [-0.1, -0.05) is 11.3 Å². The van der Waals surface area contributed by atoms with Crippen LogP contribution in [0.3, 0.4) is 0 Å². The predicted octanol–water partition coefficient (Wildman–Crippen LogP) is 1.46. The Kier molecular flexibility index (Phi) is 5.69. The summed E-state index contributed by atoms with van der Waals surface area (Å²) in [5.74, 6) is -0.411. The second-order valence-electron chi connectivity index (χ2n) is 6.59. The molecule has 3 aromatic rings. The molecule has 0 bridgehead atoms. The molecule has 0 aliphatic rings. The maximum atomic E-state index is 12.7. The molecule has 3 rings (SSSR count). The predicted molar refractivity (Wildman–Crippen MR) is 105 cm³/mol. The van der Waals surface area contributed by atoms with Gasteiger partial charge >= 0.3 is 0 Å². The number of anilines is 1. The summed E-state index contributed by atoms with van der Waals surface area (Å²) in [4.78, 5) is 12.7. The van der Waals surface area contributed by atoms with E-state index in [1.165, 1.54) is 17.4 Å². The first kappa shape index (κ1) is 20.1. The van der Waals surface area contributed by atoms with Gasteiger partial charge in [0, 0.05) is 12.7 Å². The molecule has 0 radical (unpaired) electrons. The summed E-state index contributed by atoms with van der Waals surface area (Å²) in [6.45, 7) is 7.95. The van der Waals surface area contributed by atoms with Crippen molar-refractivity contribution in [3.8, 4) is 5.82 Å². The van der Waals surface area contributed by atoms with Crippen molar-refractivity contribution in [1.29, 1.82) is 0 Å². The summed E-state index contributed by atoms with van der Waals surface area (Å²) in [5, 5.41) is 19.2. The lowest BCUT2D eigenvalue weighted by Gasteiger charge is -2.10. The lowest BCUT2D eigenvalue weighted by molar-refractivity contribution is 0.0944. The molecule has 0 atom stereocenters. The van der Waals surface area contributed by atoms with Crippen LogP contribution >= 0.6 is 0 Å². The van der Waals surface area contributed by atoms with Crippen LogP contribution in [0.25, 0.3) is 5.82 Å². The minimum Gasteiger partial charge on any atom is -0.378 e. The first-order valence-electron chi connectivity index (χ1n) is 8.78. The van der Waals surface area contributed by atoms with Crippen molar-refractivity contribution in [2.24, 2.45) is 5.10 Å². The van der Waals surface area contributed by atoms with Gasteiger partial charge in [0.1, 0.15) is 5.69 Å². The molecule has 1 aromatic carbocycles. The van der Waals surface area contributed by atoms with Crippen LogP contribution in [0.5, 0.6) is 0 Å². The van der Waals surface area contributed by atoms with Crippen molar-refractivity contribution in [3.63, 3.8) is 0 Å². The van der Waals surface area contributed by atoms with E-state index >= 15 is 0 Å². The Hall–Kier alpha value is -3.60. The molecule has 0 saturated heterocycles. The number of nitrogen functional groups attached to an aromatic ring is 1. The van der Waals surface area contributed by atoms with Crippen molar-refractivity contribution in [2.75, 3.05) is 12.8 Å². The molecule has 11 nitrogen and oxygen atoms in total. The van der Waals surface area contributed by atoms with Gasteiger partial charge in [0.25, 0.3) is 5.91 Å². The zero-order chi connectivity index (χ0) is 21.1. The standard InChI is InChI=1S/C18H22N8O3/c1-9-6-11(3)13(7-10(9)2)12(4)20-22-18(27)15-14(8-28-5)26(25-21-15)17-16(19)23-29-24-17/h6-7H,8H2,1-5H3,(H2,19,23)(H,22,27)/b20-12-. The van der Waals surface area contributed by atoms with Gasteiger partial charge in [-0.15, -0.1) is 5.10 Å². The third kappa shape index (κ3) is 3.99. The van der Waals surface area contributed by atoms with E-state index in [-0.39, 0.29) is 23.9 Å². The Balaban J connectivity index is 1.88. The third-order valence-electron chi connectivity index (χ3n) is 4.51. The quantitative estimate of drug-likeness (QED) is 0.468. The molecule has 0 spiro atoms. The Bertz CT molecular complexity index is 1080. The number of methoxy groups -OCH3 is 1. The number of hydrogen-bond acceptors (Lipinski definition) is 9. The highest BCUT2D eigenvalue weighted by Crippen LogP contribution is 2.18. The molecular formula is C18H22N8O3. The molecule has 3 N–H and O–H groups in total. The molecule has 0 unspecified atom stereocenters. The normalized spacial score (nSPS) is 11.7. The van der Waals surface area contributed by atoms with Crippen LogP contribution in [-0.4, -0.2) is 44.0 Å². The maximum absolute atomic E-state index is 12.7. The van der Waals surface area contributed by atoms with Gasteiger partial charge in [0.2, 0.25) is 11.6 Å². The van der Waals surface area contributed by atoms with Crippen molar-refractivity contribution in [1.82, 2.24) is 30.7 Å². The Labute approximate surface area is 166 Å². The minimum atomic E-state index is -0.542. The summed E-state index contributed by atoms with van der Waals surface area (Å²) in [5.41, 5.74) is 13.6. The molecule has 2 aromatic heterocycles. The molecule has 29 heavy (non-hydrogen) atoms. The lowest BCUT2D eigenvalue weighted by atomic mass is 9.98. The van der Waals surface area contributed by atoms with Crippen LogP contribution < -0.4 is 11.2 Å². The van der Waals surface area contributed by atoms with Crippen LogP contribution in [0.1, 0.15) is 45.4 Å². The fourth-order valence-electron chi connectivity index (χ4n) is 2.85. The van der Waals surface area contributed by atoms with E-state index in [2.05, 4.69) is 48.8 Å². The second kappa shape index (κ2) is 8.19. The van der Waals surface area contributed by atoms with Crippen molar-refractivity contribution in [2.45, 2.75) is 34.3 Å². The summed E-state index contributed by atoms with van der Waals surface area (Å²) in [6, 6.07) is 4.13. The third-order valence-corrected chi connectivity index (χ3v) is 4.51. The fraction of sp³-hybridized carbons (Fsp3) is 0.333. The van der Waals surface area contributed by atoms with E-state index in [1.54, 1.807) is 0 Å². The number of nitrogens with two attached hydrogens (primary N) is 1. The van der Waals surface area contributed by atoms with Crippen LogP contribution in [0.2, 0.25) is 0 Å². The van der Waals surface area contributed by atoms with E-state index in [0.717, 1.165) is 16.7 Å². The topological polar surface area (TPSA) is 146 Å². The number of aromatic nitrogens is 5. The molecular weight excluding hydrogens is 376 g/mol. The van der Waals surface area contributed by atoms with Crippen LogP contribution in [0.15, 0.2) is 21.9 Å². The number of ether oxygens (including phenoxy) is 1. The number of hydrogen-bond donors (Lipinski definition) is 2. The Morgan fingerprint density at radius 1 is 1.24 bits per heavy atom. The average molecular weight is 398 g/mol. The van der Waals surface area contributed by atoms with E-state index in [9.17, 15) is 4.79 Å². The molecule has 0 fully saturated rings. The van der Waals surface area contributed by atoms with E-state index in [1.807, 2.05) is 26.8 Å². The highest BCUT2D eigenvalue weighted by molar-refractivity contribution is 6.01. The first-order chi connectivity index (χ1) is 13.8. The summed E-state index contributed by atoms with van der Waals surface area (Å²) in [6.07, 6.45) is 0. The van der Waals surface area contributed by atoms with Gasteiger partial charge in [-0.3, -0.25) is 4.79 Å². The molecule has 11 heteroatoms. The number of hydrazone groups is 1. The van der Waals surface area contributed by atoms with Crippen LogP contribution in [-0.2, 0) is 11.3 Å². The number of amides is 1. The molecule has 152 valence electrons. The van der Waals surface area contributed by atoms with Gasteiger partial charge in [0.05, 0.1) is 12.3 Å². The van der Waals surface area contributed by atoms with Crippen LogP contribution in [0.4, 0.5) is 5.82 Å². The van der Waals surface area contributed by atoms with E-state index in [0.29, 0.717) is 11.4 Å². The van der Waals surface area contributed by atoms with E-state index in [4.69, 9.17) is 10.5 Å². The molecule has 1 amide bonds. The number of benzene rings is 1. The smallest absolute Gasteiger partial charge is 0.293 e. The SMILES string of the molecule is COCc1c(C(=O)N/N=C(/C)c2cc(C)c(C)cc2C)nnn1-c1nonc1N. The molecule has 0 saturated carbocycles. The zero-order valence-corrected chi connectivity index (χ0v) is 16.8. The molecule has 2 heterocycles. The van der Waals surface area contributed by atoms with Gasteiger partial charge in [0.15, 0.2) is 5.69 Å². The number of rotatable bonds is 6. The van der Waals surface area contributed by atoms with Gasteiger partial charge in [-0.05, 0) is 60.8 Å². The minimum absolute atomic E-state index is 0.0123. The van der Waals surface area contributed by atoms with Gasteiger partial charge < -0.3 is 10.5 Å². The number of aryl methyl sites for hydroxylation is 3. The highest BCUT2D eigenvalue weighted by Gasteiger charge is 2.23. The summed E-state index contributed by atoms with van der Waals surface area (Å²) in [7, 11) is 1.48. The number of nitrogens with one attached hydrogen (secondary N) is 1. The Morgan fingerprint density at radius 3 is 2.62 bits per heavy atom. The lowest BCUT2D eigenvalue weighted by Crippen LogP contribution is -2.22. The van der Waals surface area contributed by atoms with Gasteiger partial charge in [-0.25, -0.2) is 10.1 Å². The molecule has 0 aliphatic carbocycles. The number of carbonyl (C=O) groups excluding carboxylic acids is 1. The summed E-state index contributed by atoms with van der Waals surface area (Å²) >= 11 is 0. The van der Waals surface area contributed by atoms with Crippen LogP contribution in [0, 0.1) is 20.8 Å². The Morgan fingerprint density at radius 2 is 1.97 bits per heavy atom. The zero-order valence-electron chi connectivity index (χ0n) is 16.8. The largest absolute Gasteiger partial charge is 0.378 e.